The number of hydrogen-bond acceptors (Lipinski definition) is 0. The van der Waals surface area contributed by atoms with Crippen molar-refractivity contribution in [3.63, 3.8) is 0 Å². The quantitative estimate of drug-likeness (QED) is 0.480. The molecule has 0 unspecified atom stereocenters. The minimum atomic E-state index is 0. The Labute approximate surface area is 84.5 Å². The average molecular weight is 216 g/mol. The summed E-state index contributed by atoms with van der Waals surface area (Å²) in [6.45, 7) is 2.27. The molecule has 1 nitrogen and oxygen atoms in total. The fourth-order valence-corrected chi connectivity index (χ4v) is 1.53. The van der Waals surface area contributed by atoms with Crippen LogP contribution in [0.5, 0.6) is 0 Å². The van der Waals surface area contributed by atoms with Crippen LogP contribution in [0, 0.1) is 0 Å². The topological polar surface area (TPSA) is 28.5 Å². The van der Waals surface area contributed by atoms with Crippen molar-refractivity contribution in [2.24, 2.45) is 0 Å². The van der Waals surface area contributed by atoms with Crippen LogP contribution in [0.15, 0.2) is 0 Å². The third-order valence-electron chi connectivity index (χ3n) is 1.71. The summed E-state index contributed by atoms with van der Waals surface area (Å²) in [5.41, 5.74) is 0. The summed E-state index contributed by atoms with van der Waals surface area (Å²) >= 11 is 0. The maximum absolute atomic E-state index is 2.27. The zero-order chi connectivity index (χ0) is 6.95. The van der Waals surface area contributed by atoms with E-state index in [2.05, 4.69) is 6.92 Å². The van der Waals surface area contributed by atoms with Gasteiger partial charge in [-0.05, 0) is 0 Å². The minimum Gasteiger partial charge on any atom is -2.00 e. The van der Waals surface area contributed by atoms with E-state index in [1.54, 1.807) is 0 Å². The Morgan fingerprint density at radius 2 is 1.36 bits per heavy atom. The van der Waals surface area contributed by atoms with Crippen LogP contribution in [0.4, 0.5) is 0 Å². The normalized spacial score (nSPS) is 8.45. The number of hydrogen-bond donors (Lipinski definition) is 0. The Hall–Kier alpha value is 0.696. The standard InChI is InChI=1S/C8H20Si.Fe.O/c1-2-3-4-5-6-7-8-9;;/h2-8H2,1,9H3;;/q;+2;-2. The molecule has 0 saturated carbocycles. The van der Waals surface area contributed by atoms with Crippen LogP contribution in [0.1, 0.15) is 45.4 Å². The SMILES string of the molecule is CCCCCCCC[SiH3].[Fe+2].[O-2]. The molecule has 3 heteroatoms. The van der Waals surface area contributed by atoms with Gasteiger partial charge >= 0.3 is 17.1 Å². The van der Waals surface area contributed by atoms with E-state index < -0.39 is 0 Å². The molecule has 0 amide bonds. The minimum absolute atomic E-state index is 0. The molecule has 0 bridgehead atoms. The van der Waals surface area contributed by atoms with E-state index in [9.17, 15) is 0 Å². The van der Waals surface area contributed by atoms with Crippen LogP contribution in [0.3, 0.4) is 0 Å². The predicted molar refractivity (Wildman–Crippen MR) is 48.8 cm³/mol. The molecular formula is C8H20FeOSi. The van der Waals surface area contributed by atoms with Crippen molar-refractivity contribution in [1.29, 1.82) is 0 Å². The molecule has 70 valence electrons. The Kier molecular flexibility index (Phi) is 27.3. The second-order valence-corrected chi connectivity index (χ2v) is 3.77. The molecule has 0 aliphatic rings. The molecule has 0 spiro atoms. The third kappa shape index (κ3) is 18.0. The van der Waals surface area contributed by atoms with E-state index in [4.69, 9.17) is 0 Å². The zero-order valence-corrected chi connectivity index (χ0v) is 10.8. The molecule has 0 atom stereocenters. The largest absolute Gasteiger partial charge is 2.00 e. The fourth-order valence-electron chi connectivity index (χ4n) is 1.03. The second kappa shape index (κ2) is 17.0. The van der Waals surface area contributed by atoms with Gasteiger partial charge < -0.3 is 5.48 Å². The van der Waals surface area contributed by atoms with Gasteiger partial charge in [0.05, 0.1) is 0 Å². The molecule has 0 fully saturated rings. The Balaban J connectivity index is -0.000000320. The van der Waals surface area contributed by atoms with E-state index in [0.717, 1.165) is 0 Å². The van der Waals surface area contributed by atoms with Crippen LogP contribution in [-0.4, -0.2) is 10.2 Å². The second-order valence-electron chi connectivity index (χ2n) is 2.77. The van der Waals surface area contributed by atoms with Gasteiger partial charge in [-0.3, -0.25) is 0 Å². The van der Waals surface area contributed by atoms with E-state index in [1.807, 2.05) is 0 Å². The van der Waals surface area contributed by atoms with Crippen molar-refractivity contribution >= 4 is 10.2 Å². The summed E-state index contributed by atoms with van der Waals surface area (Å²) < 4.78 is 0. The molecule has 0 aromatic rings. The van der Waals surface area contributed by atoms with Gasteiger partial charge in [-0.25, -0.2) is 0 Å². The Morgan fingerprint density at radius 1 is 0.909 bits per heavy atom. The maximum atomic E-state index is 2.27. The van der Waals surface area contributed by atoms with Crippen molar-refractivity contribution < 1.29 is 22.5 Å². The molecule has 0 saturated heterocycles. The van der Waals surface area contributed by atoms with Crippen molar-refractivity contribution in [2.45, 2.75) is 51.5 Å². The molecule has 11 heavy (non-hydrogen) atoms. The van der Waals surface area contributed by atoms with Crippen molar-refractivity contribution in [2.75, 3.05) is 0 Å². The fraction of sp³-hybridized carbons (Fsp3) is 1.00. The molecule has 0 aliphatic heterocycles. The molecule has 0 N–H and O–H groups in total. The zero-order valence-electron chi connectivity index (χ0n) is 7.71. The maximum Gasteiger partial charge on any atom is 2.00 e. The predicted octanol–water partition coefficient (Wildman–Crippen LogP) is 2.01. The summed E-state index contributed by atoms with van der Waals surface area (Å²) in [4.78, 5) is 0. The number of rotatable bonds is 6. The van der Waals surface area contributed by atoms with Gasteiger partial charge in [0.1, 0.15) is 0 Å². The molecule has 0 radical (unpaired) electrons. The molecule has 0 heterocycles. The van der Waals surface area contributed by atoms with Crippen molar-refractivity contribution in [3.8, 4) is 0 Å². The average Bonchev–Trinajstić information content (AvgIpc) is 1.89. The molecule has 0 aromatic carbocycles. The first-order chi connectivity index (χ1) is 4.41. The Bertz CT molecular complexity index is 47.4. The molecular weight excluding hydrogens is 196 g/mol. The van der Waals surface area contributed by atoms with Crippen molar-refractivity contribution in [3.05, 3.63) is 0 Å². The van der Waals surface area contributed by atoms with Crippen LogP contribution in [-0.2, 0) is 22.5 Å². The van der Waals surface area contributed by atoms with Gasteiger partial charge in [0.25, 0.3) is 0 Å². The summed E-state index contributed by atoms with van der Waals surface area (Å²) in [6.07, 6.45) is 8.76. The van der Waals surface area contributed by atoms with Crippen LogP contribution >= 0.6 is 0 Å². The summed E-state index contributed by atoms with van der Waals surface area (Å²) in [5, 5.41) is 0. The monoisotopic (exact) mass is 216 g/mol. The molecule has 0 aliphatic carbocycles. The summed E-state index contributed by atoms with van der Waals surface area (Å²) in [7, 11) is 1.41. The Morgan fingerprint density at radius 3 is 1.82 bits per heavy atom. The van der Waals surface area contributed by atoms with Gasteiger partial charge in [-0.2, -0.15) is 0 Å². The summed E-state index contributed by atoms with van der Waals surface area (Å²) in [6, 6.07) is 1.51. The van der Waals surface area contributed by atoms with E-state index in [-0.39, 0.29) is 22.5 Å². The smallest absolute Gasteiger partial charge is 2.00 e. The first-order valence-corrected chi connectivity index (χ1v) is 5.83. The van der Waals surface area contributed by atoms with Gasteiger partial charge in [0, 0.05) is 10.2 Å². The van der Waals surface area contributed by atoms with Crippen molar-refractivity contribution in [1.82, 2.24) is 0 Å². The van der Waals surface area contributed by atoms with Gasteiger partial charge in [-0.15, -0.1) is 0 Å². The first-order valence-electron chi connectivity index (χ1n) is 4.41. The number of unbranched alkanes of at least 4 members (excludes halogenated alkanes) is 5. The van der Waals surface area contributed by atoms with Gasteiger partial charge in [0.15, 0.2) is 0 Å². The van der Waals surface area contributed by atoms with Gasteiger partial charge in [0.2, 0.25) is 0 Å². The van der Waals surface area contributed by atoms with E-state index >= 15 is 0 Å². The van der Waals surface area contributed by atoms with Crippen LogP contribution in [0.2, 0.25) is 6.04 Å². The van der Waals surface area contributed by atoms with E-state index in [0.29, 0.717) is 0 Å². The molecule has 0 aromatic heterocycles. The molecule has 0 rings (SSSR count). The van der Waals surface area contributed by atoms with Gasteiger partial charge in [-0.1, -0.05) is 51.5 Å². The van der Waals surface area contributed by atoms with Crippen LogP contribution < -0.4 is 0 Å². The third-order valence-corrected chi connectivity index (χ3v) is 2.41. The van der Waals surface area contributed by atoms with E-state index in [1.165, 1.54) is 54.8 Å². The van der Waals surface area contributed by atoms with Crippen LogP contribution in [0.25, 0.3) is 0 Å². The summed E-state index contributed by atoms with van der Waals surface area (Å²) in [5.74, 6) is 0. The first kappa shape index (κ1) is 17.7.